The first-order chi connectivity index (χ1) is 6.65. The smallest absolute Gasteiger partial charge is 0.354 e. The van der Waals surface area contributed by atoms with E-state index < -0.39 is 5.97 Å². The van der Waals surface area contributed by atoms with Gasteiger partial charge in [-0.15, -0.1) is 11.6 Å². The zero-order valence-corrected chi connectivity index (χ0v) is 8.30. The van der Waals surface area contributed by atoms with Crippen LogP contribution in [-0.4, -0.2) is 21.9 Å². The van der Waals surface area contributed by atoms with Gasteiger partial charge >= 0.3 is 5.97 Å². The zero-order valence-electron chi connectivity index (χ0n) is 7.54. The molecule has 0 aliphatic carbocycles. The monoisotopic (exact) mass is 209 g/mol. The minimum atomic E-state index is -1.03. The van der Waals surface area contributed by atoms with Crippen molar-refractivity contribution in [2.24, 2.45) is 0 Å². The van der Waals surface area contributed by atoms with Crippen LogP contribution < -0.4 is 0 Å². The third-order valence-electron chi connectivity index (χ3n) is 1.58. The molecule has 0 aromatic carbocycles. The van der Waals surface area contributed by atoms with Gasteiger partial charge < -0.3 is 5.11 Å². The fourth-order valence-corrected chi connectivity index (χ4v) is 1.07. The van der Waals surface area contributed by atoms with Gasteiger partial charge in [0.15, 0.2) is 5.69 Å². The van der Waals surface area contributed by atoms with Crippen LogP contribution >= 0.6 is 11.6 Å². The first kappa shape index (κ1) is 10.6. The van der Waals surface area contributed by atoms with Crippen LogP contribution in [0.2, 0.25) is 0 Å². The highest BCUT2D eigenvalue weighted by Crippen LogP contribution is 2.06. The minimum Gasteiger partial charge on any atom is -0.477 e. The highest BCUT2D eigenvalue weighted by Gasteiger charge is 2.07. The van der Waals surface area contributed by atoms with E-state index in [1.54, 1.807) is 13.0 Å². The highest BCUT2D eigenvalue weighted by molar-refractivity contribution is 6.19. The molecule has 0 radical (unpaired) electrons. The standard InChI is InChI=1S/C10H8ClNO2/c1-7-5-8(3-2-4-11)6-12-9(7)10(13)14/h5-6H,4H2,1H3,(H,13,14). The summed E-state index contributed by atoms with van der Waals surface area (Å²) in [6.45, 7) is 1.68. The lowest BCUT2D eigenvalue weighted by Gasteiger charge is -1.98. The minimum absolute atomic E-state index is 0.0569. The van der Waals surface area contributed by atoms with Crippen molar-refractivity contribution in [3.63, 3.8) is 0 Å². The van der Waals surface area contributed by atoms with Crippen molar-refractivity contribution in [3.05, 3.63) is 29.1 Å². The number of carboxylic acid groups (broad SMARTS) is 1. The second-order valence-corrected chi connectivity index (χ2v) is 2.90. The van der Waals surface area contributed by atoms with E-state index >= 15 is 0 Å². The Bertz CT molecular complexity index is 418. The molecule has 14 heavy (non-hydrogen) atoms. The molecule has 72 valence electrons. The second kappa shape index (κ2) is 4.64. The van der Waals surface area contributed by atoms with Crippen LogP contribution in [0.15, 0.2) is 12.3 Å². The number of aromatic nitrogens is 1. The Morgan fingerprint density at radius 1 is 1.71 bits per heavy atom. The van der Waals surface area contributed by atoms with Crippen LogP contribution in [0.4, 0.5) is 0 Å². The van der Waals surface area contributed by atoms with Gasteiger partial charge in [0.25, 0.3) is 0 Å². The number of rotatable bonds is 1. The number of carbonyl (C=O) groups is 1. The van der Waals surface area contributed by atoms with E-state index in [1.165, 1.54) is 6.20 Å². The summed E-state index contributed by atoms with van der Waals surface area (Å²) < 4.78 is 0. The van der Waals surface area contributed by atoms with Crippen LogP contribution in [0.5, 0.6) is 0 Å². The van der Waals surface area contributed by atoms with Crippen molar-refractivity contribution in [1.82, 2.24) is 4.98 Å². The van der Waals surface area contributed by atoms with Crippen molar-refractivity contribution in [1.29, 1.82) is 0 Å². The molecule has 0 unspecified atom stereocenters. The lowest BCUT2D eigenvalue weighted by atomic mass is 10.1. The molecule has 1 aromatic rings. The Labute approximate surface area is 86.7 Å². The summed E-state index contributed by atoms with van der Waals surface area (Å²) in [6.07, 6.45) is 1.43. The number of hydrogen-bond donors (Lipinski definition) is 1. The molecule has 0 amide bonds. The molecule has 0 saturated heterocycles. The Kier molecular flexibility index (Phi) is 3.49. The summed E-state index contributed by atoms with van der Waals surface area (Å²) in [5.41, 5.74) is 1.33. The Morgan fingerprint density at radius 2 is 2.43 bits per heavy atom. The number of halogens is 1. The van der Waals surface area contributed by atoms with E-state index in [2.05, 4.69) is 16.8 Å². The van der Waals surface area contributed by atoms with Gasteiger partial charge in [0.1, 0.15) is 0 Å². The van der Waals surface area contributed by atoms with Crippen LogP contribution in [0.1, 0.15) is 21.6 Å². The maximum atomic E-state index is 10.6. The van der Waals surface area contributed by atoms with Gasteiger partial charge in [0.2, 0.25) is 0 Å². The normalized spacial score (nSPS) is 9.00. The van der Waals surface area contributed by atoms with Gasteiger partial charge in [0.05, 0.1) is 5.88 Å². The summed E-state index contributed by atoms with van der Waals surface area (Å²) in [6, 6.07) is 1.68. The van der Waals surface area contributed by atoms with Crippen LogP contribution in [0.25, 0.3) is 0 Å². The molecule has 4 heteroatoms. The van der Waals surface area contributed by atoms with E-state index in [4.69, 9.17) is 16.7 Å². The van der Waals surface area contributed by atoms with Gasteiger partial charge in [0, 0.05) is 11.8 Å². The van der Waals surface area contributed by atoms with Crippen LogP contribution in [0.3, 0.4) is 0 Å². The summed E-state index contributed by atoms with van der Waals surface area (Å²) in [7, 11) is 0. The fraction of sp³-hybridized carbons (Fsp3) is 0.200. The zero-order chi connectivity index (χ0) is 10.6. The average molecular weight is 210 g/mol. The number of aromatic carboxylic acids is 1. The number of nitrogens with zero attached hydrogens (tertiary/aromatic N) is 1. The first-order valence-electron chi connectivity index (χ1n) is 3.90. The lowest BCUT2D eigenvalue weighted by Crippen LogP contribution is -2.03. The molecular weight excluding hydrogens is 202 g/mol. The Hall–Kier alpha value is -1.53. The molecule has 0 aliphatic heterocycles. The van der Waals surface area contributed by atoms with E-state index in [9.17, 15) is 4.79 Å². The number of aryl methyl sites for hydroxylation is 1. The predicted octanol–water partition coefficient (Wildman–Crippen LogP) is 1.68. The average Bonchev–Trinajstić information content (AvgIpc) is 2.14. The molecule has 1 rings (SSSR count). The van der Waals surface area contributed by atoms with Crippen LogP contribution in [-0.2, 0) is 0 Å². The third-order valence-corrected chi connectivity index (χ3v) is 1.71. The van der Waals surface area contributed by atoms with Gasteiger partial charge in [-0.1, -0.05) is 11.8 Å². The second-order valence-electron chi connectivity index (χ2n) is 2.63. The van der Waals surface area contributed by atoms with E-state index in [1.807, 2.05) is 0 Å². The molecule has 1 heterocycles. The predicted molar refractivity (Wildman–Crippen MR) is 53.5 cm³/mol. The molecule has 3 nitrogen and oxygen atoms in total. The molecule has 0 spiro atoms. The Morgan fingerprint density at radius 3 is 2.93 bits per heavy atom. The maximum absolute atomic E-state index is 10.6. The van der Waals surface area contributed by atoms with Crippen molar-refractivity contribution in [2.75, 3.05) is 5.88 Å². The van der Waals surface area contributed by atoms with Gasteiger partial charge in [-0.25, -0.2) is 9.78 Å². The summed E-state index contributed by atoms with van der Waals surface area (Å²) in [5, 5.41) is 8.71. The summed E-state index contributed by atoms with van der Waals surface area (Å²) in [4.78, 5) is 14.4. The first-order valence-corrected chi connectivity index (χ1v) is 4.43. The van der Waals surface area contributed by atoms with Crippen molar-refractivity contribution in [3.8, 4) is 11.8 Å². The van der Waals surface area contributed by atoms with E-state index in [0.717, 1.165) is 0 Å². The van der Waals surface area contributed by atoms with Gasteiger partial charge in [-0.05, 0) is 18.6 Å². The largest absolute Gasteiger partial charge is 0.477 e. The topological polar surface area (TPSA) is 50.2 Å². The van der Waals surface area contributed by atoms with Gasteiger partial charge in [-0.2, -0.15) is 0 Å². The number of hydrogen-bond acceptors (Lipinski definition) is 2. The van der Waals surface area contributed by atoms with Crippen molar-refractivity contribution >= 4 is 17.6 Å². The lowest BCUT2D eigenvalue weighted by molar-refractivity contribution is 0.0689. The fourth-order valence-electron chi connectivity index (χ4n) is 1.00. The van der Waals surface area contributed by atoms with E-state index in [0.29, 0.717) is 11.1 Å². The molecule has 0 fully saturated rings. The van der Waals surface area contributed by atoms with Crippen molar-refractivity contribution in [2.45, 2.75) is 6.92 Å². The highest BCUT2D eigenvalue weighted by atomic mass is 35.5. The quantitative estimate of drug-likeness (QED) is 0.566. The number of pyridine rings is 1. The molecular formula is C10H8ClNO2. The molecule has 0 bridgehead atoms. The molecule has 1 N–H and O–H groups in total. The third kappa shape index (κ3) is 2.48. The number of alkyl halides is 1. The Balaban J connectivity index is 3.06. The molecule has 0 saturated carbocycles. The number of carboxylic acids is 1. The van der Waals surface area contributed by atoms with Gasteiger partial charge in [-0.3, -0.25) is 0 Å². The SMILES string of the molecule is Cc1cc(C#CCCl)cnc1C(=O)O. The summed E-state index contributed by atoms with van der Waals surface area (Å²) >= 11 is 5.38. The van der Waals surface area contributed by atoms with E-state index in [-0.39, 0.29) is 11.6 Å². The molecule has 0 atom stereocenters. The van der Waals surface area contributed by atoms with Crippen LogP contribution in [0, 0.1) is 18.8 Å². The van der Waals surface area contributed by atoms with Crippen molar-refractivity contribution < 1.29 is 9.90 Å². The molecule has 0 aliphatic rings. The summed E-state index contributed by atoms with van der Waals surface area (Å²) in [5.74, 6) is 4.65. The molecule has 1 aromatic heterocycles. The maximum Gasteiger partial charge on any atom is 0.354 e.